The number of sulfonamides is 1. The SMILES string of the molecule is COc1ccc2c(c1)OC(C)(C)C[C@H]2NC(=O)COc1ccc(N(C)S(C)(=O)=O)cc1. The van der Waals surface area contributed by atoms with Gasteiger partial charge in [0.05, 0.1) is 25.1 Å². The summed E-state index contributed by atoms with van der Waals surface area (Å²) in [6.45, 7) is 3.78. The molecule has 1 aliphatic heterocycles. The van der Waals surface area contributed by atoms with E-state index in [4.69, 9.17) is 14.2 Å². The highest BCUT2D eigenvalue weighted by Gasteiger charge is 2.34. The Morgan fingerprint density at radius 1 is 1.19 bits per heavy atom. The van der Waals surface area contributed by atoms with Crippen LogP contribution >= 0.6 is 0 Å². The summed E-state index contributed by atoms with van der Waals surface area (Å²) in [7, 11) is -0.270. The monoisotopic (exact) mass is 448 g/mol. The van der Waals surface area contributed by atoms with Crippen LogP contribution in [-0.4, -0.2) is 46.9 Å². The lowest BCUT2D eigenvalue weighted by Gasteiger charge is -2.38. The minimum atomic E-state index is -3.34. The molecule has 2 aromatic carbocycles. The second-order valence-corrected chi connectivity index (χ2v) is 10.1. The lowest BCUT2D eigenvalue weighted by molar-refractivity contribution is -0.124. The van der Waals surface area contributed by atoms with Crippen molar-refractivity contribution in [3.05, 3.63) is 48.0 Å². The molecular formula is C22H28N2O6S. The van der Waals surface area contributed by atoms with Crippen LogP contribution < -0.4 is 23.8 Å². The van der Waals surface area contributed by atoms with E-state index in [0.717, 1.165) is 11.8 Å². The molecule has 0 saturated heterocycles. The molecule has 0 unspecified atom stereocenters. The molecule has 0 aromatic heterocycles. The Morgan fingerprint density at radius 3 is 2.45 bits per heavy atom. The summed E-state index contributed by atoms with van der Waals surface area (Å²) >= 11 is 0. The molecule has 3 rings (SSSR count). The Bertz CT molecular complexity index is 1050. The minimum absolute atomic E-state index is 0.162. The Hall–Kier alpha value is -2.94. The van der Waals surface area contributed by atoms with Crippen LogP contribution in [0.25, 0.3) is 0 Å². The third kappa shape index (κ3) is 5.61. The van der Waals surface area contributed by atoms with Gasteiger partial charge in [-0.05, 0) is 50.2 Å². The van der Waals surface area contributed by atoms with Gasteiger partial charge in [0, 0.05) is 25.1 Å². The van der Waals surface area contributed by atoms with Crippen molar-refractivity contribution in [1.82, 2.24) is 5.32 Å². The molecule has 8 nitrogen and oxygen atoms in total. The number of benzene rings is 2. The second-order valence-electron chi connectivity index (χ2n) is 8.10. The summed E-state index contributed by atoms with van der Waals surface area (Å²) in [5, 5.41) is 3.02. The number of carbonyl (C=O) groups is 1. The molecule has 1 N–H and O–H groups in total. The maximum atomic E-state index is 12.5. The van der Waals surface area contributed by atoms with Crippen LogP contribution in [0.15, 0.2) is 42.5 Å². The Morgan fingerprint density at radius 2 is 1.84 bits per heavy atom. The first-order valence-electron chi connectivity index (χ1n) is 9.81. The van der Waals surface area contributed by atoms with Crippen molar-refractivity contribution < 1.29 is 27.4 Å². The highest BCUT2D eigenvalue weighted by atomic mass is 32.2. The van der Waals surface area contributed by atoms with Gasteiger partial charge in [0.1, 0.15) is 22.8 Å². The van der Waals surface area contributed by atoms with Gasteiger partial charge in [0.15, 0.2) is 6.61 Å². The summed E-state index contributed by atoms with van der Waals surface area (Å²) in [5.41, 5.74) is 0.956. The van der Waals surface area contributed by atoms with Crippen LogP contribution in [0.3, 0.4) is 0 Å². The molecule has 0 spiro atoms. The molecule has 0 radical (unpaired) electrons. The number of rotatable bonds is 7. The summed E-state index contributed by atoms with van der Waals surface area (Å²) in [5.74, 6) is 1.59. The third-order valence-electron chi connectivity index (χ3n) is 5.08. The van der Waals surface area contributed by atoms with Crippen molar-refractivity contribution in [2.45, 2.75) is 31.9 Å². The largest absolute Gasteiger partial charge is 0.497 e. The van der Waals surface area contributed by atoms with Gasteiger partial charge in [-0.3, -0.25) is 9.10 Å². The van der Waals surface area contributed by atoms with Crippen LogP contribution in [0.4, 0.5) is 5.69 Å². The van der Waals surface area contributed by atoms with E-state index in [1.54, 1.807) is 31.4 Å². The molecule has 2 aromatic rings. The van der Waals surface area contributed by atoms with Gasteiger partial charge in [0.25, 0.3) is 5.91 Å². The smallest absolute Gasteiger partial charge is 0.258 e. The van der Waals surface area contributed by atoms with E-state index in [-0.39, 0.29) is 18.6 Å². The molecule has 9 heteroatoms. The maximum Gasteiger partial charge on any atom is 0.258 e. The standard InChI is InChI=1S/C22H28N2O6S/c1-22(2)13-19(18-11-10-17(28-4)12-20(18)30-22)23-21(25)14-29-16-8-6-15(7-9-16)24(3)31(5,26)27/h6-12,19H,13-14H2,1-5H3,(H,23,25)/t19-/m1/s1. The number of carbonyl (C=O) groups excluding carboxylic acids is 1. The number of nitrogens with zero attached hydrogens (tertiary/aromatic N) is 1. The molecule has 31 heavy (non-hydrogen) atoms. The Balaban J connectivity index is 1.63. The topological polar surface area (TPSA) is 94.2 Å². The van der Waals surface area contributed by atoms with E-state index >= 15 is 0 Å². The normalized spacial score (nSPS) is 17.1. The molecule has 0 aliphatic carbocycles. The number of hydrogen-bond acceptors (Lipinski definition) is 6. The number of fused-ring (bicyclic) bond motifs is 1. The quantitative estimate of drug-likeness (QED) is 0.700. The lowest BCUT2D eigenvalue weighted by atomic mass is 9.89. The van der Waals surface area contributed by atoms with E-state index in [9.17, 15) is 13.2 Å². The van der Waals surface area contributed by atoms with Crippen molar-refractivity contribution in [2.24, 2.45) is 0 Å². The van der Waals surface area contributed by atoms with Crippen LogP contribution in [0.5, 0.6) is 17.2 Å². The summed E-state index contributed by atoms with van der Waals surface area (Å²) < 4.78 is 41.3. The van der Waals surface area contributed by atoms with Crippen molar-refractivity contribution in [1.29, 1.82) is 0 Å². The van der Waals surface area contributed by atoms with E-state index in [1.165, 1.54) is 11.4 Å². The summed E-state index contributed by atoms with van der Waals surface area (Å²) in [4.78, 5) is 12.5. The van der Waals surface area contributed by atoms with Crippen LogP contribution in [-0.2, 0) is 14.8 Å². The fraction of sp³-hybridized carbons (Fsp3) is 0.409. The van der Waals surface area contributed by atoms with Crippen molar-refractivity contribution in [3.63, 3.8) is 0 Å². The average Bonchev–Trinajstić information content (AvgIpc) is 2.70. The molecule has 0 saturated carbocycles. The number of hydrogen-bond donors (Lipinski definition) is 1. The predicted molar refractivity (Wildman–Crippen MR) is 118 cm³/mol. The number of anilines is 1. The summed E-state index contributed by atoms with van der Waals surface area (Å²) in [6, 6.07) is 11.8. The first kappa shape index (κ1) is 22.7. The zero-order valence-electron chi connectivity index (χ0n) is 18.3. The van der Waals surface area contributed by atoms with E-state index < -0.39 is 15.6 Å². The number of nitrogens with one attached hydrogen (secondary N) is 1. The fourth-order valence-corrected chi connectivity index (χ4v) is 3.92. The van der Waals surface area contributed by atoms with E-state index in [1.807, 2.05) is 32.0 Å². The fourth-order valence-electron chi connectivity index (χ4n) is 3.42. The maximum absolute atomic E-state index is 12.5. The predicted octanol–water partition coefficient (Wildman–Crippen LogP) is 2.89. The van der Waals surface area contributed by atoms with Crippen molar-refractivity contribution in [2.75, 3.05) is 31.3 Å². The Labute approximate surface area is 183 Å². The van der Waals surface area contributed by atoms with Crippen molar-refractivity contribution in [3.8, 4) is 17.2 Å². The van der Waals surface area contributed by atoms with E-state index in [2.05, 4.69) is 5.32 Å². The van der Waals surface area contributed by atoms with E-state index in [0.29, 0.717) is 29.4 Å². The van der Waals surface area contributed by atoms with Gasteiger partial charge < -0.3 is 19.5 Å². The van der Waals surface area contributed by atoms with Gasteiger partial charge in [-0.2, -0.15) is 0 Å². The molecule has 168 valence electrons. The molecule has 1 heterocycles. The molecule has 1 aliphatic rings. The van der Waals surface area contributed by atoms with Gasteiger partial charge in [-0.25, -0.2) is 8.42 Å². The van der Waals surface area contributed by atoms with Crippen LogP contribution in [0.1, 0.15) is 31.9 Å². The van der Waals surface area contributed by atoms with Gasteiger partial charge in [0.2, 0.25) is 10.0 Å². The highest BCUT2D eigenvalue weighted by Crippen LogP contribution is 2.41. The molecule has 1 amide bonds. The molecule has 1 atom stereocenters. The first-order chi connectivity index (χ1) is 14.5. The molecule has 0 fully saturated rings. The van der Waals surface area contributed by atoms with Gasteiger partial charge in [-0.1, -0.05) is 0 Å². The highest BCUT2D eigenvalue weighted by molar-refractivity contribution is 7.92. The van der Waals surface area contributed by atoms with Crippen molar-refractivity contribution >= 4 is 21.6 Å². The first-order valence-corrected chi connectivity index (χ1v) is 11.7. The third-order valence-corrected chi connectivity index (χ3v) is 6.29. The van der Waals surface area contributed by atoms with Crippen LogP contribution in [0, 0.1) is 0 Å². The summed E-state index contributed by atoms with van der Waals surface area (Å²) in [6.07, 6.45) is 1.75. The minimum Gasteiger partial charge on any atom is -0.497 e. The van der Waals surface area contributed by atoms with Gasteiger partial charge >= 0.3 is 0 Å². The number of methoxy groups -OCH3 is 1. The second kappa shape index (κ2) is 8.66. The van der Waals surface area contributed by atoms with Crippen LogP contribution in [0.2, 0.25) is 0 Å². The zero-order chi connectivity index (χ0) is 22.8. The molecular weight excluding hydrogens is 420 g/mol. The average molecular weight is 449 g/mol. The van der Waals surface area contributed by atoms with Gasteiger partial charge in [-0.15, -0.1) is 0 Å². The molecule has 0 bridgehead atoms. The number of ether oxygens (including phenoxy) is 3. The lowest BCUT2D eigenvalue weighted by Crippen LogP contribution is -2.42. The zero-order valence-corrected chi connectivity index (χ0v) is 19.2. The Kier molecular flexibility index (Phi) is 6.35. The number of amides is 1.